The van der Waals surface area contributed by atoms with Crippen LogP contribution >= 0.6 is 0 Å². The number of ether oxygens (including phenoxy) is 1. The first-order chi connectivity index (χ1) is 12.5. The Hall–Kier alpha value is -1.63. The summed E-state index contributed by atoms with van der Waals surface area (Å²) < 4.78 is 8.16. The highest BCUT2D eigenvalue weighted by molar-refractivity contribution is 5.79. The molecule has 1 aromatic heterocycles. The quantitative estimate of drug-likeness (QED) is 0.573. The maximum atomic E-state index is 6.08. The van der Waals surface area contributed by atoms with Gasteiger partial charge in [0, 0.05) is 45.1 Å². The van der Waals surface area contributed by atoms with Crippen LogP contribution < -0.4 is 10.6 Å². The van der Waals surface area contributed by atoms with Gasteiger partial charge in [0.1, 0.15) is 12.2 Å². The van der Waals surface area contributed by atoms with Crippen molar-refractivity contribution in [2.45, 2.75) is 66.5 Å². The molecule has 2 rings (SSSR count). The standard InChI is InChI=1S/C19H36N6O/c1-6-16-24-23-14-25(16)11-10-21-18(20-7-2)22-13-15-9-8-12-26-17(15)19(3,4)5/h14-15,17H,6-13H2,1-5H3,(H2,20,21,22). The van der Waals surface area contributed by atoms with Gasteiger partial charge >= 0.3 is 0 Å². The summed E-state index contributed by atoms with van der Waals surface area (Å²) in [5.74, 6) is 2.36. The number of aromatic nitrogens is 3. The summed E-state index contributed by atoms with van der Waals surface area (Å²) in [6.07, 6.45) is 5.27. The maximum Gasteiger partial charge on any atom is 0.191 e. The first kappa shape index (κ1) is 20.7. The zero-order chi connectivity index (χ0) is 19.0. The minimum atomic E-state index is 0.150. The van der Waals surface area contributed by atoms with Crippen molar-refractivity contribution in [3.63, 3.8) is 0 Å². The molecule has 0 radical (unpaired) electrons. The Morgan fingerprint density at radius 3 is 2.85 bits per heavy atom. The van der Waals surface area contributed by atoms with Crippen molar-refractivity contribution in [3.05, 3.63) is 12.2 Å². The third kappa shape index (κ3) is 5.97. The minimum Gasteiger partial charge on any atom is -0.377 e. The van der Waals surface area contributed by atoms with E-state index in [-0.39, 0.29) is 11.5 Å². The van der Waals surface area contributed by atoms with Gasteiger partial charge in [0.15, 0.2) is 5.96 Å². The summed E-state index contributed by atoms with van der Waals surface area (Å²) in [6.45, 7) is 15.1. The zero-order valence-electron chi connectivity index (χ0n) is 17.1. The molecule has 1 aliphatic heterocycles. The van der Waals surface area contributed by atoms with Gasteiger partial charge in [-0.25, -0.2) is 0 Å². The van der Waals surface area contributed by atoms with Crippen LogP contribution in [-0.4, -0.2) is 53.1 Å². The van der Waals surface area contributed by atoms with Crippen LogP contribution in [0.25, 0.3) is 0 Å². The lowest BCUT2D eigenvalue weighted by Crippen LogP contribution is -2.43. The number of rotatable bonds is 7. The molecule has 148 valence electrons. The highest BCUT2D eigenvalue weighted by Gasteiger charge is 2.35. The topological polar surface area (TPSA) is 76.4 Å². The molecule has 0 aliphatic carbocycles. The molecule has 2 N–H and O–H groups in total. The number of nitrogens with zero attached hydrogens (tertiary/aromatic N) is 4. The Morgan fingerprint density at radius 2 is 2.15 bits per heavy atom. The van der Waals surface area contributed by atoms with E-state index in [0.717, 1.165) is 57.4 Å². The molecule has 2 unspecified atom stereocenters. The molecule has 0 amide bonds. The van der Waals surface area contributed by atoms with Crippen molar-refractivity contribution in [2.75, 3.05) is 26.2 Å². The summed E-state index contributed by atoms with van der Waals surface area (Å²) in [7, 11) is 0. The van der Waals surface area contributed by atoms with E-state index in [2.05, 4.69) is 60.0 Å². The zero-order valence-corrected chi connectivity index (χ0v) is 17.1. The van der Waals surface area contributed by atoms with Gasteiger partial charge in [0.2, 0.25) is 0 Å². The van der Waals surface area contributed by atoms with Gasteiger partial charge in [-0.1, -0.05) is 27.7 Å². The number of nitrogens with one attached hydrogen (secondary N) is 2. The molecule has 0 bridgehead atoms. The third-order valence-electron chi connectivity index (χ3n) is 4.78. The molecular weight excluding hydrogens is 328 g/mol. The fraction of sp³-hybridized carbons (Fsp3) is 0.842. The number of hydrogen-bond donors (Lipinski definition) is 2. The molecule has 2 heterocycles. The molecule has 1 aromatic rings. The minimum absolute atomic E-state index is 0.150. The highest BCUT2D eigenvalue weighted by Crippen LogP contribution is 2.34. The smallest absolute Gasteiger partial charge is 0.191 e. The summed E-state index contributed by atoms with van der Waals surface area (Å²) >= 11 is 0. The molecule has 0 aromatic carbocycles. The van der Waals surface area contributed by atoms with E-state index in [1.54, 1.807) is 6.33 Å². The van der Waals surface area contributed by atoms with Crippen molar-refractivity contribution >= 4 is 5.96 Å². The number of guanidine groups is 1. The molecule has 0 saturated carbocycles. The van der Waals surface area contributed by atoms with E-state index in [0.29, 0.717) is 5.92 Å². The van der Waals surface area contributed by atoms with E-state index in [1.807, 2.05) is 0 Å². The number of hydrogen-bond acceptors (Lipinski definition) is 4. The molecule has 26 heavy (non-hydrogen) atoms. The summed E-state index contributed by atoms with van der Waals surface area (Å²) in [6, 6.07) is 0. The Kier molecular flexibility index (Phi) is 7.87. The van der Waals surface area contributed by atoms with E-state index in [9.17, 15) is 0 Å². The lowest BCUT2D eigenvalue weighted by Gasteiger charge is -2.39. The Labute approximate surface area is 158 Å². The fourth-order valence-electron chi connectivity index (χ4n) is 3.57. The second-order valence-electron chi connectivity index (χ2n) is 8.00. The van der Waals surface area contributed by atoms with Gasteiger partial charge < -0.3 is 19.9 Å². The summed E-state index contributed by atoms with van der Waals surface area (Å²) in [5.41, 5.74) is 0.150. The first-order valence-corrected chi connectivity index (χ1v) is 9.96. The lowest BCUT2D eigenvalue weighted by atomic mass is 9.78. The second-order valence-corrected chi connectivity index (χ2v) is 8.00. The van der Waals surface area contributed by atoms with E-state index >= 15 is 0 Å². The van der Waals surface area contributed by atoms with Crippen LogP contribution in [0.1, 0.15) is 53.3 Å². The van der Waals surface area contributed by atoms with Gasteiger partial charge in [0.05, 0.1) is 6.10 Å². The van der Waals surface area contributed by atoms with Crippen LogP contribution in [0.3, 0.4) is 0 Å². The number of aryl methyl sites for hydroxylation is 1. The van der Waals surface area contributed by atoms with Gasteiger partial charge in [-0.15, -0.1) is 10.2 Å². The Bertz CT molecular complexity index is 563. The van der Waals surface area contributed by atoms with Gasteiger partial charge in [-0.2, -0.15) is 0 Å². The normalized spacial score (nSPS) is 21.7. The fourth-order valence-corrected chi connectivity index (χ4v) is 3.57. The summed E-state index contributed by atoms with van der Waals surface area (Å²) in [5, 5.41) is 14.9. The predicted molar refractivity (Wildman–Crippen MR) is 105 cm³/mol. The number of aliphatic imine (C=N–C) groups is 1. The van der Waals surface area contributed by atoms with Crippen LogP contribution in [0.5, 0.6) is 0 Å². The van der Waals surface area contributed by atoms with Gasteiger partial charge in [-0.3, -0.25) is 4.99 Å². The molecule has 1 aliphatic rings. The van der Waals surface area contributed by atoms with Crippen LogP contribution in [0.4, 0.5) is 0 Å². The van der Waals surface area contributed by atoms with Crippen LogP contribution in [0.15, 0.2) is 11.3 Å². The summed E-state index contributed by atoms with van der Waals surface area (Å²) in [4.78, 5) is 4.84. The third-order valence-corrected chi connectivity index (χ3v) is 4.78. The molecular formula is C19H36N6O. The Balaban J connectivity index is 1.90. The first-order valence-electron chi connectivity index (χ1n) is 9.96. The average molecular weight is 365 g/mol. The molecule has 2 atom stereocenters. The molecule has 0 spiro atoms. The average Bonchev–Trinajstić information content (AvgIpc) is 3.06. The second kappa shape index (κ2) is 9.90. The molecule has 7 nitrogen and oxygen atoms in total. The molecule has 1 saturated heterocycles. The lowest BCUT2D eigenvalue weighted by molar-refractivity contribution is -0.0823. The van der Waals surface area contributed by atoms with Crippen molar-refractivity contribution in [2.24, 2.45) is 16.3 Å². The van der Waals surface area contributed by atoms with E-state index in [4.69, 9.17) is 9.73 Å². The molecule has 7 heteroatoms. The van der Waals surface area contributed by atoms with Crippen molar-refractivity contribution in [3.8, 4) is 0 Å². The van der Waals surface area contributed by atoms with Crippen molar-refractivity contribution in [1.82, 2.24) is 25.4 Å². The van der Waals surface area contributed by atoms with Crippen LogP contribution in [0.2, 0.25) is 0 Å². The van der Waals surface area contributed by atoms with Crippen LogP contribution in [0, 0.1) is 11.3 Å². The predicted octanol–water partition coefficient (Wildman–Crippen LogP) is 2.24. The Morgan fingerprint density at radius 1 is 1.35 bits per heavy atom. The van der Waals surface area contributed by atoms with Crippen LogP contribution in [-0.2, 0) is 17.7 Å². The van der Waals surface area contributed by atoms with E-state index in [1.165, 1.54) is 6.42 Å². The van der Waals surface area contributed by atoms with Crippen molar-refractivity contribution < 1.29 is 4.74 Å². The monoisotopic (exact) mass is 364 g/mol. The van der Waals surface area contributed by atoms with Gasteiger partial charge in [-0.05, 0) is 25.2 Å². The van der Waals surface area contributed by atoms with Gasteiger partial charge in [0.25, 0.3) is 0 Å². The molecule has 1 fully saturated rings. The van der Waals surface area contributed by atoms with E-state index < -0.39 is 0 Å². The van der Waals surface area contributed by atoms with Crippen molar-refractivity contribution in [1.29, 1.82) is 0 Å². The maximum absolute atomic E-state index is 6.08. The SMILES string of the molecule is CCNC(=NCC1CCCOC1C(C)(C)C)NCCn1cnnc1CC. The highest BCUT2D eigenvalue weighted by atomic mass is 16.5. The largest absolute Gasteiger partial charge is 0.377 e.